The monoisotopic (exact) mass is 293 g/mol. The fraction of sp³-hybridized carbons (Fsp3) is 0.938. The van der Waals surface area contributed by atoms with E-state index < -0.39 is 0 Å². The Balaban J connectivity index is 1.41. The molecule has 1 N–H and O–H groups in total. The third-order valence-electron chi connectivity index (χ3n) is 5.66. The fourth-order valence-corrected chi connectivity index (χ4v) is 4.29. The summed E-state index contributed by atoms with van der Waals surface area (Å²) < 4.78 is 6.05. The van der Waals surface area contributed by atoms with Crippen LogP contribution < -0.4 is 5.32 Å². The summed E-state index contributed by atoms with van der Waals surface area (Å²) in [5.74, 6) is 0.327. The van der Waals surface area contributed by atoms with Crippen LogP contribution >= 0.6 is 0 Å². The molecule has 3 heterocycles. The van der Waals surface area contributed by atoms with E-state index in [2.05, 4.69) is 22.0 Å². The number of nitrogens with one attached hydrogen (secondary N) is 1. The Morgan fingerprint density at radius 3 is 3.05 bits per heavy atom. The second kappa shape index (κ2) is 5.21. The highest BCUT2D eigenvalue weighted by Crippen LogP contribution is 2.43. The lowest BCUT2D eigenvalue weighted by Gasteiger charge is -2.37. The molecule has 0 bridgehead atoms. The van der Waals surface area contributed by atoms with Crippen molar-refractivity contribution in [2.45, 2.75) is 69.3 Å². The van der Waals surface area contributed by atoms with Gasteiger partial charge in [-0.3, -0.25) is 15.0 Å². The van der Waals surface area contributed by atoms with Crippen LogP contribution in [0.4, 0.5) is 0 Å². The number of carbonyl (C=O) groups excluding carboxylic acids is 1. The van der Waals surface area contributed by atoms with Gasteiger partial charge in [-0.05, 0) is 38.6 Å². The summed E-state index contributed by atoms with van der Waals surface area (Å²) in [6, 6.07) is 0.634. The predicted molar refractivity (Wildman–Crippen MR) is 79.8 cm³/mol. The van der Waals surface area contributed by atoms with Gasteiger partial charge in [0.1, 0.15) is 0 Å². The highest BCUT2D eigenvalue weighted by Gasteiger charge is 2.59. The molecule has 5 nitrogen and oxygen atoms in total. The van der Waals surface area contributed by atoms with Crippen molar-refractivity contribution in [1.29, 1.82) is 0 Å². The number of amides is 1. The average Bonchev–Trinajstić information content (AvgIpc) is 3.04. The summed E-state index contributed by atoms with van der Waals surface area (Å²) in [4.78, 5) is 17.3. The molecule has 1 amide bonds. The molecule has 4 aliphatic rings. The Bertz CT molecular complexity index is 424. The van der Waals surface area contributed by atoms with Crippen molar-refractivity contribution in [2.24, 2.45) is 0 Å². The summed E-state index contributed by atoms with van der Waals surface area (Å²) in [5.41, 5.74) is -0.190. The average molecular weight is 293 g/mol. The number of fused-ring (bicyclic) bond motifs is 1. The van der Waals surface area contributed by atoms with Crippen molar-refractivity contribution >= 4 is 5.91 Å². The molecular weight excluding hydrogens is 266 g/mol. The highest BCUT2D eigenvalue weighted by atomic mass is 16.5. The second-order valence-electron chi connectivity index (χ2n) is 7.23. The van der Waals surface area contributed by atoms with Gasteiger partial charge in [0.2, 0.25) is 5.91 Å². The number of hydrogen-bond donors (Lipinski definition) is 1. The van der Waals surface area contributed by atoms with Crippen molar-refractivity contribution in [3.63, 3.8) is 0 Å². The summed E-state index contributed by atoms with van der Waals surface area (Å²) in [7, 11) is 0. The normalized spacial score (nSPS) is 38.2. The smallest absolute Gasteiger partial charge is 0.244 e. The Kier molecular flexibility index (Phi) is 3.47. The van der Waals surface area contributed by atoms with E-state index in [1.54, 1.807) is 0 Å². The first-order chi connectivity index (χ1) is 10.2. The number of rotatable bonds is 4. The second-order valence-corrected chi connectivity index (χ2v) is 7.23. The summed E-state index contributed by atoms with van der Waals surface area (Å²) >= 11 is 0. The molecule has 1 saturated carbocycles. The molecule has 3 unspecified atom stereocenters. The molecule has 21 heavy (non-hydrogen) atoms. The quantitative estimate of drug-likeness (QED) is 0.838. The Labute approximate surface area is 127 Å². The van der Waals surface area contributed by atoms with Gasteiger partial charge >= 0.3 is 0 Å². The first kappa shape index (κ1) is 14.0. The molecule has 118 valence electrons. The maximum atomic E-state index is 12.7. The molecule has 3 atom stereocenters. The van der Waals surface area contributed by atoms with Crippen LogP contribution in [-0.2, 0) is 9.53 Å². The van der Waals surface area contributed by atoms with Crippen LogP contribution in [0.25, 0.3) is 0 Å². The molecular formula is C16H27N3O2. The van der Waals surface area contributed by atoms with Gasteiger partial charge in [0.15, 0.2) is 0 Å². The van der Waals surface area contributed by atoms with Gasteiger partial charge in [0.25, 0.3) is 0 Å². The van der Waals surface area contributed by atoms with Crippen LogP contribution in [0.5, 0.6) is 0 Å². The lowest BCUT2D eigenvalue weighted by atomic mass is 10.1. The van der Waals surface area contributed by atoms with E-state index in [1.165, 1.54) is 19.4 Å². The van der Waals surface area contributed by atoms with Crippen LogP contribution in [0.15, 0.2) is 0 Å². The van der Waals surface area contributed by atoms with E-state index in [4.69, 9.17) is 4.74 Å². The molecule has 3 aliphatic heterocycles. The largest absolute Gasteiger partial charge is 0.373 e. The zero-order chi connectivity index (χ0) is 14.4. The summed E-state index contributed by atoms with van der Waals surface area (Å²) in [6.45, 7) is 6.01. The molecule has 0 aromatic rings. The Hall–Kier alpha value is -0.650. The van der Waals surface area contributed by atoms with Crippen molar-refractivity contribution < 1.29 is 9.53 Å². The van der Waals surface area contributed by atoms with Crippen LogP contribution in [0.1, 0.15) is 45.4 Å². The minimum Gasteiger partial charge on any atom is -0.373 e. The van der Waals surface area contributed by atoms with E-state index >= 15 is 0 Å². The first-order valence-electron chi connectivity index (χ1n) is 8.66. The predicted octanol–water partition coefficient (Wildman–Crippen LogP) is 0.940. The van der Waals surface area contributed by atoms with Gasteiger partial charge in [0.05, 0.1) is 24.4 Å². The van der Waals surface area contributed by atoms with Gasteiger partial charge in [-0.2, -0.15) is 0 Å². The zero-order valence-corrected chi connectivity index (χ0v) is 13.0. The standard InChI is InChI=1S/C16H27N3O2/c1-2-4-14-17-16(6-7-16)15(20)19(14)10-13-9-18-8-3-5-12(18)11-21-13/h12-14,17H,2-11H2,1H3. The number of hydrogen-bond acceptors (Lipinski definition) is 4. The SMILES string of the molecule is CCCC1NC2(CC2)C(=O)N1CC1CN2CCCC2CO1. The summed E-state index contributed by atoms with van der Waals surface area (Å²) in [5, 5.41) is 3.59. The molecule has 5 heteroatoms. The van der Waals surface area contributed by atoms with Crippen molar-refractivity contribution in [2.75, 3.05) is 26.2 Å². The maximum Gasteiger partial charge on any atom is 0.244 e. The first-order valence-corrected chi connectivity index (χ1v) is 8.66. The van der Waals surface area contributed by atoms with Gasteiger partial charge < -0.3 is 9.64 Å². The molecule has 1 spiro atoms. The minimum atomic E-state index is -0.190. The number of morpholine rings is 1. The van der Waals surface area contributed by atoms with Gasteiger partial charge in [-0.25, -0.2) is 0 Å². The maximum absolute atomic E-state index is 12.7. The Morgan fingerprint density at radius 1 is 1.43 bits per heavy atom. The third-order valence-corrected chi connectivity index (χ3v) is 5.66. The number of ether oxygens (including phenoxy) is 1. The molecule has 0 radical (unpaired) electrons. The lowest BCUT2D eigenvalue weighted by Crippen LogP contribution is -2.52. The van der Waals surface area contributed by atoms with E-state index in [0.29, 0.717) is 11.9 Å². The van der Waals surface area contributed by atoms with E-state index in [1.807, 2.05) is 0 Å². The zero-order valence-electron chi connectivity index (χ0n) is 13.0. The van der Waals surface area contributed by atoms with Crippen molar-refractivity contribution in [3.8, 4) is 0 Å². The molecule has 4 rings (SSSR count). The number of nitrogens with zero attached hydrogens (tertiary/aromatic N) is 2. The third kappa shape index (κ3) is 2.39. The van der Waals surface area contributed by atoms with Crippen molar-refractivity contribution in [3.05, 3.63) is 0 Å². The van der Waals surface area contributed by atoms with E-state index in [-0.39, 0.29) is 17.8 Å². The highest BCUT2D eigenvalue weighted by molar-refractivity contribution is 5.91. The number of carbonyl (C=O) groups is 1. The lowest BCUT2D eigenvalue weighted by molar-refractivity contribution is -0.134. The van der Waals surface area contributed by atoms with Crippen LogP contribution in [0.3, 0.4) is 0 Å². The van der Waals surface area contributed by atoms with Crippen LogP contribution in [0.2, 0.25) is 0 Å². The Morgan fingerprint density at radius 2 is 2.29 bits per heavy atom. The van der Waals surface area contributed by atoms with Crippen LogP contribution in [-0.4, -0.2) is 65.8 Å². The summed E-state index contributed by atoms with van der Waals surface area (Å²) in [6.07, 6.45) is 7.18. The van der Waals surface area contributed by atoms with Crippen LogP contribution in [0, 0.1) is 0 Å². The molecule has 0 aromatic carbocycles. The van der Waals surface area contributed by atoms with Gasteiger partial charge in [0, 0.05) is 19.1 Å². The van der Waals surface area contributed by atoms with Crippen molar-refractivity contribution in [1.82, 2.24) is 15.1 Å². The molecule has 4 fully saturated rings. The molecule has 1 aliphatic carbocycles. The molecule has 3 saturated heterocycles. The van der Waals surface area contributed by atoms with E-state index in [0.717, 1.165) is 45.4 Å². The van der Waals surface area contributed by atoms with E-state index in [9.17, 15) is 4.79 Å². The van der Waals surface area contributed by atoms with Gasteiger partial charge in [-0.15, -0.1) is 0 Å². The minimum absolute atomic E-state index is 0.190. The fourth-order valence-electron chi connectivity index (χ4n) is 4.29. The van der Waals surface area contributed by atoms with Gasteiger partial charge in [-0.1, -0.05) is 13.3 Å². The molecule has 0 aromatic heterocycles. The topological polar surface area (TPSA) is 44.8 Å².